The van der Waals surface area contributed by atoms with Crippen LogP contribution in [0.4, 0.5) is 5.69 Å². The van der Waals surface area contributed by atoms with Crippen molar-refractivity contribution in [1.82, 2.24) is 4.98 Å². The van der Waals surface area contributed by atoms with Gasteiger partial charge in [-0.25, -0.2) is 0 Å². The number of halogens is 1. The van der Waals surface area contributed by atoms with Crippen molar-refractivity contribution in [3.63, 3.8) is 0 Å². The third kappa shape index (κ3) is 3.30. The molecule has 1 fully saturated rings. The van der Waals surface area contributed by atoms with Crippen LogP contribution in [0.5, 0.6) is 0 Å². The fraction of sp³-hybridized carbons (Fsp3) is 0.0870. The number of aryl methyl sites for hydroxylation is 1. The Bertz CT molecular complexity index is 1120. The van der Waals surface area contributed by atoms with Crippen molar-refractivity contribution >= 4 is 34.7 Å². The Labute approximate surface area is 172 Å². The molecule has 1 aliphatic heterocycles. The smallest absolute Gasteiger partial charge is 0.300 e. The molecule has 1 aliphatic rings. The highest BCUT2D eigenvalue weighted by atomic mass is 35.5. The Morgan fingerprint density at radius 2 is 1.76 bits per heavy atom. The summed E-state index contributed by atoms with van der Waals surface area (Å²) >= 11 is 6.42. The summed E-state index contributed by atoms with van der Waals surface area (Å²) in [5.41, 5.74) is 2.46. The van der Waals surface area contributed by atoms with Crippen LogP contribution in [0.2, 0.25) is 5.02 Å². The second-order valence-corrected chi connectivity index (χ2v) is 7.18. The van der Waals surface area contributed by atoms with Crippen molar-refractivity contribution in [1.29, 1.82) is 0 Å². The van der Waals surface area contributed by atoms with E-state index in [4.69, 9.17) is 11.6 Å². The van der Waals surface area contributed by atoms with Gasteiger partial charge >= 0.3 is 0 Å². The van der Waals surface area contributed by atoms with Crippen LogP contribution in [0.3, 0.4) is 0 Å². The van der Waals surface area contributed by atoms with Crippen LogP contribution in [-0.2, 0) is 9.59 Å². The molecule has 0 unspecified atom stereocenters. The number of Topliss-reactive ketones (excluding diaryl/α,β-unsaturated/α-hetero) is 1. The van der Waals surface area contributed by atoms with Gasteiger partial charge < -0.3 is 5.11 Å². The Balaban J connectivity index is 1.97. The fourth-order valence-corrected chi connectivity index (χ4v) is 3.69. The first-order valence-electron chi connectivity index (χ1n) is 9.01. The van der Waals surface area contributed by atoms with E-state index >= 15 is 0 Å². The maximum atomic E-state index is 13.0. The molecule has 0 aliphatic carbocycles. The minimum Gasteiger partial charge on any atom is -0.507 e. The average Bonchev–Trinajstić information content (AvgIpc) is 3.00. The maximum Gasteiger partial charge on any atom is 0.300 e. The molecule has 4 rings (SSSR count). The number of pyridine rings is 1. The normalized spacial score (nSPS) is 18.3. The number of carbonyl (C=O) groups excluding carboxylic acids is 2. The third-order valence-corrected chi connectivity index (χ3v) is 5.24. The highest BCUT2D eigenvalue weighted by molar-refractivity contribution is 6.52. The van der Waals surface area contributed by atoms with Gasteiger partial charge in [0, 0.05) is 16.8 Å². The van der Waals surface area contributed by atoms with E-state index in [2.05, 4.69) is 4.98 Å². The molecule has 3 aromatic rings. The standard InChI is InChI=1S/C23H17ClN2O3/c1-14-8-10-15(11-9-14)21(27)19-20(17-6-2-3-7-18(17)24)26(23(29)22(19)28)16-5-4-12-25-13-16/h2-13,20,27H,1H3/t20-/m0/s1. The summed E-state index contributed by atoms with van der Waals surface area (Å²) in [4.78, 5) is 31.3. The van der Waals surface area contributed by atoms with Crippen LogP contribution in [0, 0.1) is 6.92 Å². The molecule has 5 nitrogen and oxygen atoms in total. The molecule has 1 aromatic heterocycles. The summed E-state index contributed by atoms with van der Waals surface area (Å²) in [6.07, 6.45) is 3.08. The van der Waals surface area contributed by atoms with E-state index in [9.17, 15) is 14.7 Å². The zero-order chi connectivity index (χ0) is 20.5. The Hall–Kier alpha value is -3.44. The minimum absolute atomic E-state index is 0.00388. The number of benzene rings is 2. The number of anilines is 1. The average molecular weight is 405 g/mol. The van der Waals surface area contributed by atoms with E-state index in [0.717, 1.165) is 5.56 Å². The summed E-state index contributed by atoms with van der Waals surface area (Å²) in [5.74, 6) is -1.74. The van der Waals surface area contributed by atoms with Gasteiger partial charge in [-0.1, -0.05) is 59.6 Å². The molecule has 6 heteroatoms. The zero-order valence-corrected chi connectivity index (χ0v) is 16.3. The minimum atomic E-state index is -0.866. The second kappa shape index (κ2) is 7.53. The lowest BCUT2D eigenvalue weighted by Gasteiger charge is -2.25. The van der Waals surface area contributed by atoms with Crippen molar-refractivity contribution in [2.24, 2.45) is 0 Å². The number of amides is 1. The highest BCUT2D eigenvalue weighted by Gasteiger charge is 2.47. The predicted octanol–water partition coefficient (Wildman–Crippen LogP) is 4.67. The Morgan fingerprint density at radius 1 is 1.03 bits per heavy atom. The van der Waals surface area contributed by atoms with Crippen LogP contribution in [-0.4, -0.2) is 21.8 Å². The van der Waals surface area contributed by atoms with Gasteiger partial charge in [0.05, 0.1) is 23.5 Å². The first-order valence-corrected chi connectivity index (χ1v) is 9.39. The van der Waals surface area contributed by atoms with E-state index in [1.54, 1.807) is 54.7 Å². The van der Waals surface area contributed by atoms with Crippen molar-refractivity contribution < 1.29 is 14.7 Å². The van der Waals surface area contributed by atoms with Gasteiger partial charge in [-0.05, 0) is 30.7 Å². The van der Waals surface area contributed by atoms with E-state index < -0.39 is 17.7 Å². The first kappa shape index (κ1) is 18.9. The number of aliphatic hydroxyl groups is 1. The molecule has 1 amide bonds. The number of aliphatic hydroxyl groups excluding tert-OH is 1. The fourth-order valence-electron chi connectivity index (χ4n) is 3.45. The van der Waals surface area contributed by atoms with Gasteiger partial charge in [0.15, 0.2) is 0 Å². The quantitative estimate of drug-likeness (QED) is 0.391. The zero-order valence-electron chi connectivity index (χ0n) is 15.5. The van der Waals surface area contributed by atoms with E-state index in [1.165, 1.54) is 11.1 Å². The number of rotatable bonds is 3. The lowest BCUT2D eigenvalue weighted by Crippen LogP contribution is -2.29. The summed E-state index contributed by atoms with van der Waals surface area (Å²) < 4.78 is 0. The van der Waals surface area contributed by atoms with Crippen molar-refractivity contribution in [2.45, 2.75) is 13.0 Å². The molecule has 144 valence electrons. The molecular formula is C23H17ClN2O3. The first-order chi connectivity index (χ1) is 14.0. The second-order valence-electron chi connectivity index (χ2n) is 6.77. The highest BCUT2D eigenvalue weighted by Crippen LogP contribution is 2.43. The summed E-state index contributed by atoms with van der Waals surface area (Å²) in [6.45, 7) is 1.93. The van der Waals surface area contributed by atoms with Crippen LogP contribution in [0.25, 0.3) is 5.76 Å². The lowest BCUT2D eigenvalue weighted by atomic mass is 9.95. The molecule has 1 N–H and O–H groups in total. The molecule has 2 heterocycles. The molecule has 0 radical (unpaired) electrons. The maximum absolute atomic E-state index is 13.0. The Kier molecular flexibility index (Phi) is 4.91. The van der Waals surface area contributed by atoms with Crippen molar-refractivity contribution in [2.75, 3.05) is 4.90 Å². The number of hydrogen-bond acceptors (Lipinski definition) is 4. The van der Waals surface area contributed by atoms with E-state index in [0.29, 0.717) is 21.8 Å². The molecule has 0 bridgehead atoms. The van der Waals surface area contributed by atoms with Gasteiger partial charge in [0.2, 0.25) is 0 Å². The van der Waals surface area contributed by atoms with Crippen LogP contribution >= 0.6 is 11.6 Å². The van der Waals surface area contributed by atoms with E-state index in [-0.39, 0.29) is 11.3 Å². The van der Waals surface area contributed by atoms with Crippen molar-refractivity contribution in [3.05, 3.63) is 100 Å². The molecule has 1 saturated heterocycles. The summed E-state index contributed by atoms with van der Waals surface area (Å²) in [6, 6.07) is 16.6. The van der Waals surface area contributed by atoms with Crippen LogP contribution in [0.1, 0.15) is 22.7 Å². The Morgan fingerprint density at radius 3 is 2.41 bits per heavy atom. The largest absolute Gasteiger partial charge is 0.507 e. The molecule has 0 saturated carbocycles. The van der Waals surface area contributed by atoms with E-state index in [1.807, 2.05) is 19.1 Å². The third-order valence-electron chi connectivity index (χ3n) is 4.89. The number of hydrogen-bond donors (Lipinski definition) is 1. The van der Waals surface area contributed by atoms with Crippen molar-refractivity contribution in [3.8, 4) is 0 Å². The molecule has 1 atom stereocenters. The lowest BCUT2D eigenvalue weighted by molar-refractivity contribution is -0.132. The van der Waals surface area contributed by atoms with Gasteiger partial charge in [-0.2, -0.15) is 0 Å². The number of nitrogens with zero attached hydrogens (tertiary/aromatic N) is 2. The van der Waals surface area contributed by atoms with Gasteiger partial charge in [0.25, 0.3) is 11.7 Å². The topological polar surface area (TPSA) is 70.5 Å². The number of ketones is 1. The molecule has 29 heavy (non-hydrogen) atoms. The molecule has 2 aromatic carbocycles. The van der Waals surface area contributed by atoms with Gasteiger partial charge in [0.1, 0.15) is 5.76 Å². The van der Waals surface area contributed by atoms with Crippen LogP contribution < -0.4 is 4.90 Å². The molecule has 0 spiro atoms. The predicted molar refractivity (Wildman–Crippen MR) is 112 cm³/mol. The van der Waals surface area contributed by atoms with Gasteiger partial charge in [-0.15, -0.1) is 0 Å². The van der Waals surface area contributed by atoms with Crippen LogP contribution in [0.15, 0.2) is 78.6 Å². The number of aromatic nitrogens is 1. The van der Waals surface area contributed by atoms with Gasteiger partial charge in [-0.3, -0.25) is 19.5 Å². The molecular weight excluding hydrogens is 388 g/mol. The SMILES string of the molecule is Cc1ccc(C(O)=C2C(=O)C(=O)N(c3cccnc3)[C@H]2c2ccccc2Cl)cc1. The number of carbonyl (C=O) groups is 2. The summed E-state index contributed by atoms with van der Waals surface area (Å²) in [5, 5.41) is 11.4. The monoisotopic (exact) mass is 404 g/mol. The summed E-state index contributed by atoms with van der Waals surface area (Å²) in [7, 11) is 0.